The Morgan fingerprint density at radius 3 is 2.52 bits per heavy atom. The van der Waals surface area contributed by atoms with Crippen LogP contribution >= 0.6 is 0 Å². The molecule has 0 bridgehead atoms. The molecule has 1 aromatic heterocycles. The smallest absolute Gasteiger partial charge is 0.343 e. The molecule has 0 aliphatic rings. The van der Waals surface area contributed by atoms with E-state index in [-0.39, 0.29) is 34.8 Å². The number of non-ortho nitro benzene ring substituents is 1. The molecule has 3 aromatic rings. The van der Waals surface area contributed by atoms with Crippen LogP contribution in [0.25, 0.3) is 11.0 Å². The van der Waals surface area contributed by atoms with Crippen LogP contribution in [-0.4, -0.2) is 16.7 Å². The SMILES string of the molecule is CC(=O)CC(c1cccc([N+](=O)[O-])c1)c1c(OC(C)=O)c2ccccc2oc1=O. The second-order valence-electron chi connectivity index (χ2n) is 6.53. The van der Waals surface area contributed by atoms with Crippen LogP contribution in [0.2, 0.25) is 0 Å². The van der Waals surface area contributed by atoms with Crippen molar-refractivity contribution >= 4 is 28.4 Å². The number of nitrogens with zero attached hydrogens (tertiary/aromatic N) is 1. The third kappa shape index (κ3) is 4.21. The van der Waals surface area contributed by atoms with Gasteiger partial charge in [-0.15, -0.1) is 0 Å². The van der Waals surface area contributed by atoms with Gasteiger partial charge < -0.3 is 9.15 Å². The van der Waals surface area contributed by atoms with E-state index < -0.39 is 22.4 Å². The highest BCUT2D eigenvalue weighted by atomic mass is 16.6. The van der Waals surface area contributed by atoms with E-state index in [0.717, 1.165) is 0 Å². The molecular formula is C21H17NO7. The summed E-state index contributed by atoms with van der Waals surface area (Å²) in [5, 5.41) is 11.6. The molecule has 0 saturated carbocycles. The molecule has 148 valence electrons. The average molecular weight is 395 g/mol. The van der Waals surface area contributed by atoms with E-state index in [1.54, 1.807) is 30.3 Å². The summed E-state index contributed by atoms with van der Waals surface area (Å²) in [7, 11) is 0. The standard InChI is InChI=1S/C21H17NO7/c1-12(23)10-17(14-6-5-7-15(11-14)22(26)27)19-20(28-13(2)24)16-8-3-4-9-18(16)29-21(19)25/h3-9,11,17H,10H2,1-2H3. The van der Waals surface area contributed by atoms with Gasteiger partial charge in [-0.2, -0.15) is 0 Å². The lowest BCUT2D eigenvalue weighted by Gasteiger charge is -2.19. The first-order chi connectivity index (χ1) is 13.8. The fraction of sp³-hybridized carbons (Fsp3) is 0.190. The molecule has 0 aliphatic carbocycles. The summed E-state index contributed by atoms with van der Waals surface area (Å²) in [6.07, 6.45) is -0.126. The molecule has 29 heavy (non-hydrogen) atoms. The highest BCUT2D eigenvalue weighted by Gasteiger charge is 2.28. The fourth-order valence-electron chi connectivity index (χ4n) is 3.22. The number of carbonyl (C=O) groups excluding carboxylic acids is 2. The van der Waals surface area contributed by atoms with Gasteiger partial charge in [-0.1, -0.05) is 24.3 Å². The zero-order valence-corrected chi connectivity index (χ0v) is 15.7. The van der Waals surface area contributed by atoms with Gasteiger partial charge in [-0.25, -0.2) is 4.79 Å². The lowest BCUT2D eigenvalue weighted by Crippen LogP contribution is -2.19. The van der Waals surface area contributed by atoms with Crippen molar-refractivity contribution < 1.29 is 23.7 Å². The summed E-state index contributed by atoms with van der Waals surface area (Å²) in [5.74, 6) is -1.80. The average Bonchev–Trinajstić information content (AvgIpc) is 2.66. The lowest BCUT2D eigenvalue weighted by molar-refractivity contribution is -0.384. The monoisotopic (exact) mass is 395 g/mol. The fourth-order valence-corrected chi connectivity index (χ4v) is 3.22. The van der Waals surface area contributed by atoms with Crippen molar-refractivity contribution in [3.63, 3.8) is 0 Å². The molecule has 1 atom stereocenters. The van der Waals surface area contributed by atoms with Crippen LogP contribution in [0.1, 0.15) is 37.3 Å². The minimum absolute atomic E-state index is 0.0119. The number of fused-ring (bicyclic) bond motifs is 1. The van der Waals surface area contributed by atoms with Crippen LogP contribution in [0.4, 0.5) is 5.69 Å². The number of benzene rings is 2. The Balaban J connectivity index is 2.33. The van der Waals surface area contributed by atoms with Gasteiger partial charge in [-0.3, -0.25) is 19.7 Å². The first-order valence-corrected chi connectivity index (χ1v) is 8.76. The topological polar surface area (TPSA) is 117 Å². The molecule has 0 aliphatic heterocycles. The van der Waals surface area contributed by atoms with Gasteiger partial charge in [0.05, 0.1) is 15.9 Å². The summed E-state index contributed by atoms with van der Waals surface area (Å²) >= 11 is 0. The number of para-hydroxylation sites is 1. The third-order valence-corrected chi connectivity index (χ3v) is 4.37. The summed E-state index contributed by atoms with van der Waals surface area (Å²) in [4.78, 5) is 47.1. The van der Waals surface area contributed by atoms with Crippen LogP contribution in [0.5, 0.6) is 5.75 Å². The minimum Gasteiger partial charge on any atom is -0.425 e. The number of nitro groups is 1. The number of ketones is 1. The van der Waals surface area contributed by atoms with Crippen molar-refractivity contribution in [2.75, 3.05) is 0 Å². The summed E-state index contributed by atoms with van der Waals surface area (Å²) in [6, 6.07) is 12.2. The van der Waals surface area contributed by atoms with Gasteiger partial charge in [0.15, 0.2) is 5.75 Å². The van der Waals surface area contributed by atoms with Crippen molar-refractivity contribution in [2.24, 2.45) is 0 Å². The summed E-state index contributed by atoms with van der Waals surface area (Å²) in [6.45, 7) is 2.54. The normalized spacial score (nSPS) is 11.8. The summed E-state index contributed by atoms with van der Waals surface area (Å²) in [5.41, 5.74) is -0.411. The first-order valence-electron chi connectivity index (χ1n) is 8.76. The van der Waals surface area contributed by atoms with E-state index in [0.29, 0.717) is 10.9 Å². The maximum Gasteiger partial charge on any atom is 0.343 e. The van der Waals surface area contributed by atoms with E-state index in [9.17, 15) is 24.5 Å². The van der Waals surface area contributed by atoms with Crippen molar-refractivity contribution in [3.8, 4) is 5.75 Å². The van der Waals surface area contributed by atoms with Crippen LogP contribution in [-0.2, 0) is 9.59 Å². The zero-order chi connectivity index (χ0) is 21.1. The van der Waals surface area contributed by atoms with Crippen LogP contribution in [0.3, 0.4) is 0 Å². The van der Waals surface area contributed by atoms with E-state index in [1.807, 2.05) is 0 Å². The highest BCUT2D eigenvalue weighted by Crippen LogP contribution is 2.38. The quantitative estimate of drug-likeness (QED) is 0.270. The van der Waals surface area contributed by atoms with Gasteiger partial charge in [0.25, 0.3) is 5.69 Å². The second kappa shape index (κ2) is 8.05. The lowest BCUT2D eigenvalue weighted by atomic mass is 9.86. The molecular weight excluding hydrogens is 378 g/mol. The first kappa shape index (κ1) is 19.9. The Kier molecular flexibility index (Phi) is 5.54. The van der Waals surface area contributed by atoms with Gasteiger partial charge >= 0.3 is 11.6 Å². The van der Waals surface area contributed by atoms with Crippen LogP contribution < -0.4 is 10.4 Å². The van der Waals surface area contributed by atoms with E-state index in [4.69, 9.17) is 9.15 Å². The Hall–Kier alpha value is -3.81. The van der Waals surface area contributed by atoms with Gasteiger partial charge in [0, 0.05) is 31.4 Å². The Morgan fingerprint density at radius 2 is 1.86 bits per heavy atom. The van der Waals surface area contributed by atoms with Gasteiger partial charge in [0.2, 0.25) is 0 Å². The zero-order valence-electron chi connectivity index (χ0n) is 15.7. The van der Waals surface area contributed by atoms with Crippen molar-refractivity contribution in [3.05, 3.63) is 80.2 Å². The van der Waals surface area contributed by atoms with Crippen molar-refractivity contribution in [2.45, 2.75) is 26.2 Å². The number of esters is 1. The number of hydrogen-bond acceptors (Lipinski definition) is 7. The molecule has 0 radical (unpaired) electrons. The molecule has 0 N–H and O–H groups in total. The molecule has 0 saturated heterocycles. The van der Waals surface area contributed by atoms with Crippen LogP contribution in [0, 0.1) is 10.1 Å². The third-order valence-electron chi connectivity index (χ3n) is 4.37. The van der Waals surface area contributed by atoms with E-state index in [1.165, 1.54) is 32.0 Å². The highest BCUT2D eigenvalue weighted by molar-refractivity contribution is 5.88. The molecule has 0 spiro atoms. The molecule has 1 unspecified atom stereocenters. The van der Waals surface area contributed by atoms with Crippen molar-refractivity contribution in [1.82, 2.24) is 0 Å². The minimum atomic E-state index is -0.886. The van der Waals surface area contributed by atoms with Crippen LogP contribution in [0.15, 0.2) is 57.7 Å². The predicted octanol–water partition coefficient (Wildman–Crippen LogP) is 3.74. The molecule has 0 amide bonds. The number of carbonyl (C=O) groups is 2. The molecule has 8 nitrogen and oxygen atoms in total. The van der Waals surface area contributed by atoms with Crippen molar-refractivity contribution in [1.29, 1.82) is 0 Å². The van der Waals surface area contributed by atoms with E-state index in [2.05, 4.69) is 0 Å². The predicted molar refractivity (Wildman–Crippen MR) is 104 cm³/mol. The molecule has 3 rings (SSSR count). The maximum absolute atomic E-state index is 12.8. The number of ether oxygens (including phenoxy) is 1. The Bertz CT molecular complexity index is 1180. The molecule has 0 fully saturated rings. The number of hydrogen-bond donors (Lipinski definition) is 0. The Labute approximate surface area is 164 Å². The second-order valence-corrected chi connectivity index (χ2v) is 6.53. The number of Topliss-reactive ketones (excluding diaryl/α,β-unsaturated/α-hetero) is 1. The summed E-state index contributed by atoms with van der Waals surface area (Å²) < 4.78 is 10.7. The van der Waals surface area contributed by atoms with Gasteiger partial charge in [0.1, 0.15) is 11.4 Å². The number of rotatable bonds is 6. The van der Waals surface area contributed by atoms with E-state index >= 15 is 0 Å². The maximum atomic E-state index is 12.8. The number of nitro benzene ring substituents is 1. The largest absolute Gasteiger partial charge is 0.425 e. The molecule has 1 heterocycles. The Morgan fingerprint density at radius 1 is 1.14 bits per heavy atom. The van der Waals surface area contributed by atoms with Gasteiger partial charge in [-0.05, 0) is 24.6 Å². The molecule has 8 heteroatoms. The molecule has 2 aromatic carbocycles.